The molecule has 0 heterocycles. The van der Waals surface area contributed by atoms with Crippen molar-refractivity contribution in [3.63, 3.8) is 0 Å². The minimum Gasteiger partial charge on any atom is -0.493 e. The number of nitrogens with zero attached hydrogens (tertiary/aromatic N) is 1. The zero-order valence-corrected chi connectivity index (χ0v) is 19.1. The maximum atomic E-state index is 13.8. The lowest BCUT2D eigenvalue weighted by atomic mass is 10.1. The molecule has 0 radical (unpaired) electrons. The number of ether oxygens (including phenoxy) is 2. The number of amides is 1. The summed E-state index contributed by atoms with van der Waals surface area (Å²) in [6.07, 6.45) is 1.40. The number of nitrogens with one attached hydrogen (secondary N) is 1. The molecule has 0 atom stereocenters. The normalized spacial score (nSPS) is 10.9. The molecule has 0 aliphatic heterocycles. The number of hydrogen-bond acceptors (Lipinski definition) is 4. The van der Waals surface area contributed by atoms with Crippen LogP contribution in [0, 0.1) is 24.1 Å². The molecule has 162 valence electrons. The summed E-state index contributed by atoms with van der Waals surface area (Å²) in [7, 11) is 1.51. The molecule has 32 heavy (non-hydrogen) atoms. The third-order valence-corrected chi connectivity index (χ3v) is 5.27. The molecule has 0 aliphatic carbocycles. The van der Waals surface area contributed by atoms with E-state index in [4.69, 9.17) is 9.47 Å². The van der Waals surface area contributed by atoms with Gasteiger partial charge in [0.05, 0.1) is 12.8 Å². The van der Waals surface area contributed by atoms with Crippen LogP contribution in [0.25, 0.3) is 6.08 Å². The number of carbonyl (C=O) groups is 1. The molecule has 0 saturated carbocycles. The summed E-state index contributed by atoms with van der Waals surface area (Å²) in [5.41, 5.74) is 2.51. The number of benzene rings is 3. The average Bonchev–Trinajstić information content (AvgIpc) is 2.79. The maximum Gasteiger partial charge on any atom is 0.266 e. The summed E-state index contributed by atoms with van der Waals surface area (Å²) in [6, 6.07) is 19.0. The Balaban J connectivity index is 1.82. The molecule has 3 rings (SSSR count). The van der Waals surface area contributed by atoms with Crippen molar-refractivity contribution in [2.24, 2.45) is 0 Å². The van der Waals surface area contributed by atoms with Gasteiger partial charge >= 0.3 is 0 Å². The summed E-state index contributed by atoms with van der Waals surface area (Å²) in [6.45, 7) is 2.37. The minimum absolute atomic E-state index is 0.00449. The molecule has 0 spiro atoms. The van der Waals surface area contributed by atoms with Crippen LogP contribution in [-0.2, 0) is 11.4 Å². The standard InChI is InChI=1S/C25H20BrFN2O3/c1-16-7-9-17(10-8-16)15-32-24-13-20(26)18(12-23(24)31-2)11-19(14-28)25(30)29-22-6-4-3-5-21(22)27/h3-13H,15H2,1-2H3,(H,29,30)/b19-11-. The van der Waals surface area contributed by atoms with Gasteiger partial charge in [-0.1, -0.05) is 57.9 Å². The van der Waals surface area contributed by atoms with E-state index in [0.717, 1.165) is 11.1 Å². The van der Waals surface area contributed by atoms with E-state index in [-0.39, 0.29) is 11.3 Å². The zero-order chi connectivity index (χ0) is 23.1. The van der Waals surface area contributed by atoms with Gasteiger partial charge in [-0.25, -0.2) is 4.39 Å². The third-order valence-electron chi connectivity index (χ3n) is 4.58. The van der Waals surface area contributed by atoms with Gasteiger partial charge in [0.1, 0.15) is 24.1 Å². The van der Waals surface area contributed by atoms with Gasteiger partial charge < -0.3 is 14.8 Å². The Bertz CT molecular complexity index is 1200. The molecular formula is C25H20BrFN2O3. The van der Waals surface area contributed by atoms with Gasteiger partial charge in [0, 0.05) is 4.47 Å². The first-order valence-corrected chi connectivity index (χ1v) is 10.4. The number of halogens is 2. The number of rotatable bonds is 7. The molecule has 3 aromatic carbocycles. The monoisotopic (exact) mass is 494 g/mol. The molecule has 0 saturated heterocycles. The Hall–Kier alpha value is -3.63. The molecule has 7 heteroatoms. The average molecular weight is 495 g/mol. The van der Waals surface area contributed by atoms with Crippen molar-refractivity contribution in [1.29, 1.82) is 5.26 Å². The van der Waals surface area contributed by atoms with Crippen molar-refractivity contribution in [1.82, 2.24) is 0 Å². The van der Waals surface area contributed by atoms with Crippen LogP contribution in [0.3, 0.4) is 0 Å². The van der Waals surface area contributed by atoms with E-state index in [2.05, 4.69) is 21.2 Å². The first kappa shape index (κ1) is 23.0. The minimum atomic E-state index is -0.719. The molecule has 0 fully saturated rings. The van der Waals surface area contributed by atoms with Crippen molar-refractivity contribution in [2.75, 3.05) is 12.4 Å². The molecule has 0 aromatic heterocycles. The smallest absolute Gasteiger partial charge is 0.266 e. The Kier molecular flexibility index (Phi) is 7.63. The quantitative estimate of drug-likeness (QED) is 0.321. The van der Waals surface area contributed by atoms with Gasteiger partial charge in [-0.3, -0.25) is 4.79 Å². The van der Waals surface area contributed by atoms with E-state index in [9.17, 15) is 14.4 Å². The van der Waals surface area contributed by atoms with E-state index in [1.807, 2.05) is 37.3 Å². The van der Waals surface area contributed by atoms with Gasteiger partial charge in [-0.15, -0.1) is 0 Å². The molecule has 0 unspecified atom stereocenters. The van der Waals surface area contributed by atoms with Crippen LogP contribution in [0.2, 0.25) is 0 Å². The number of methoxy groups -OCH3 is 1. The predicted molar refractivity (Wildman–Crippen MR) is 125 cm³/mol. The fourth-order valence-corrected chi connectivity index (χ4v) is 3.27. The van der Waals surface area contributed by atoms with Crippen LogP contribution >= 0.6 is 15.9 Å². The molecule has 1 amide bonds. The van der Waals surface area contributed by atoms with Crippen LogP contribution in [-0.4, -0.2) is 13.0 Å². The van der Waals surface area contributed by atoms with Gasteiger partial charge in [0.15, 0.2) is 11.5 Å². The summed E-state index contributed by atoms with van der Waals surface area (Å²) in [4.78, 5) is 12.5. The van der Waals surface area contributed by atoms with Gasteiger partial charge in [0.2, 0.25) is 0 Å². The van der Waals surface area contributed by atoms with Gasteiger partial charge in [-0.2, -0.15) is 5.26 Å². The summed E-state index contributed by atoms with van der Waals surface area (Å²) >= 11 is 3.45. The molecule has 5 nitrogen and oxygen atoms in total. The highest BCUT2D eigenvalue weighted by molar-refractivity contribution is 9.10. The van der Waals surface area contributed by atoms with Crippen molar-refractivity contribution < 1.29 is 18.7 Å². The third kappa shape index (κ3) is 5.74. The van der Waals surface area contributed by atoms with Crippen LogP contribution in [0.15, 0.2) is 70.7 Å². The molecule has 0 aliphatic rings. The largest absolute Gasteiger partial charge is 0.493 e. The molecule has 0 bridgehead atoms. The number of para-hydroxylation sites is 1. The zero-order valence-electron chi connectivity index (χ0n) is 17.5. The fourth-order valence-electron chi connectivity index (χ4n) is 2.84. The Morgan fingerprint density at radius 3 is 2.53 bits per heavy atom. The molecular weight excluding hydrogens is 475 g/mol. The Morgan fingerprint density at radius 2 is 1.88 bits per heavy atom. The summed E-state index contributed by atoms with van der Waals surface area (Å²) < 4.78 is 25.7. The van der Waals surface area contributed by atoms with E-state index in [1.54, 1.807) is 18.2 Å². The molecule has 3 aromatic rings. The van der Waals surface area contributed by atoms with E-state index < -0.39 is 11.7 Å². The second-order valence-corrected chi connectivity index (χ2v) is 7.76. The lowest BCUT2D eigenvalue weighted by Gasteiger charge is -2.13. The van der Waals surface area contributed by atoms with Crippen molar-refractivity contribution in [2.45, 2.75) is 13.5 Å². The van der Waals surface area contributed by atoms with E-state index >= 15 is 0 Å². The lowest BCUT2D eigenvalue weighted by molar-refractivity contribution is -0.112. The number of carbonyl (C=O) groups excluding carboxylic acids is 1. The SMILES string of the molecule is COc1cc(/C=C(/C#N)C(=O)Nc2ccccc2F)c(Br)cc1OCc1ccc(C)cc1. The summed E-state index contributed by atoms with van der Waals surface area (Å²) in [5, 5.41) is 11.9. The van der Waals surface area contributed by atoms with E-state index in [0.29, 0.717) is 28.1 Å². The Morgan fingerprint density at radius 1 is 1.16 bits per heavy atom. The molecule has 1 N–H and O–H groups in total. The topological polar surface area (TPSA) is 71.3 Å². The summed E-state index contributed by atoms with van der Waals surface area (Å²) in [5.74, 6) is -0.357. The van der Waals surface area contributed by atoms with Crippen LogP contribution in [0.4, 0.5) is 10.1 Å². The van der Waals surface area contributed by atoms with Crippen molar-refractivity contribution >= 4 is 33.6 Å². The van der Waals surface area contributed by atoms with Crippen LogP contribution in [0.5, 0.6) is 11.5 Å². The van der Waals surface area contributed by atoms with Crippen molar-refractivity contribution in [3.8, 4) is 17.6 Å². The first-order chi connectivity index (χ1) is 15.4. The number of anilines is 1. The van der Waals surface area contributed by atoms with E-state index in [1.165, 1.54) is 31.4 Å². The van der Waals surface area contributed by atoms with Gasteiger partial charge in [-0.05, 0) is 48.4 Å². The highest BCUT2D eigenvalue weighted by Gasteiger charge is 2.15. The second kappa shape index (κ2) is 10.6. The van der Waals surface area contributed by atoms with Crippen LogP contribution in [0.1, 0.15) is 16.7 Å². The predicted octanol–water partition coefficient (Wildman–Crippen LogP) is 6.03. The highest BCUT2D eigenvalue weighted by Crippen LogP contribution is 2.35. The number of hydrogen-bond donors (Lipinski definition) is 1. The second-order valence-electron chi connectivity index (χ2n) is 6.90. The fraction of sp³-hybridized carbons (Fsp3) is 0.120. The Labute approximate surface area is 194 Å². The van der Waals surface area contributed by atoms with Crippen molar-refractivity contribution in [3.05, 3.63) is 93.2 Å². The highest BCUT2D eigenvalue weighted by atomic mass is 79.9. The van der Waals surface area contributed by atoms with Gasteiger partial charge in [0.25, 0.3) is 5.91 Å². The maximum absolute atomic E-state index is 13.8. The lowest BCUT2D eigenvalue weighted by Crippen LogP contribution is -2.14. The van der Waals surface area contributed by atoms with Crippen LogP contribution < -0.4 is 14.8 Å². The number of aryl methyl sites for hydroxylation is 1. The first-order valence-electron chi connectivity index (χ1n) is 9.65. The number of nitriles is 1.